The van der Waals surface area contributed by atoms with Gasteiger partial charge in [-0.2, -0.15) is 0 Å². The number of rotatable bonds is 4. The standard InChI is InChI=1S/C12H19N3O/c1-11-13-4-6-15(11)8-7-14-5-2-3-12(9-14)10-16/h4,6,10,12H,2-3,5,7-9H2,1H3. The second kappa shape index (κ2) is 5.25. The highest BCUT2D eigenvalue weighted by Gasteiger charge is 2.18. The molecule has 1 aromatic heterocycles. The van der Waals surface area contributed by atoms with Gasteiger partial charge in [0.25, 0.3) is 0 Å². The van der Waals surface area contributed by atoms with Gasteiger partial charge in [0.15, 0.2) is 0 Å². The smallest absolute Gasteiger partial charge is 0.124 e. The van der Waals surface area contributed by atoms with Gasteiger partial charge >= 0.3 is 0 Å². The summed E-state index contributed by atoms with van der Waals surface area (Å²) in [6.45, 7) is 6.05. The van der Waals surface area contributed by atoms with Gasteiger partial charge in [0.2, 0.25) is 0 Å². The predicted octanol–water partition coefficient (Wildman–Crippen LogP) is 1.10. The van der Waals surface area contributed by atoms with E-state index in [9.17, 15) is 4.79 Å². The Labute approximate surface area is 96.3 Å². The third-order valence-corrected chi connectivity index (χ3v) is 3.32. The normalized spacial score (nSPS) is 22.2. The highest BCUT2D eigenvalue weighted by atomic mass is 16.1. The lowest BCUT2D eigenvalue weighted by atomic mass is 10.00. The fourth-order valence-corrected chi connectivity index (χ4v) is 2.29. The minimum absolute atomic E-state index is 0.248. The molecule has 1 fully saturated rings. The second-order valence-corrected chi connectivity index (χ2v) is 4.51. The number of nitrogens with zero attached hydrogens (tertiary/aromatic N) is 3. The Hall–Kier alpha value is -1.16. The van der Waals surface area contributed by atoms with Gasteiger partial charge in [-0.1, -0.05) is 0 Å². The molecule has 2 rings (SSSR count). The first-order chi connectivity index (χ1) is 7.79. The lowest BCUT2D eigenvalue weighted by Crippen LogP contribution is -2.37. The summed E-state index contributed by atoms with van der Waals surface area (Å²) in [4.78, 5) is 17.3. The maximum atomic E-state index is 10.8. The van der Waals surface area contributed by atoms with E-state index in [1.165, 1.54) is 0 Å². The fraction of sp³-hybridized carbons (Fsp3) is 0.667. The van der Waals surface area contributed by atoms with Gasteiger partial charge in [-0.25, -0.2) is 4.98 Å². The molecule has 0 aliphatic carbocycles. The van der Waals surface area contributed by atoms with E-state index in [1.807, 2.05) is 19.3 Å². The van der Waals surface area contributed by atoms with Crippen LogP contribution >= 0.6 is 0 Å². The Balaban J connectivity index is 1.81. The molecule has 1 aliphatic rings. The molecule has 1 aromatic rings. The SMILES string of the molecule is Cc1nccn1CCN1CCCC(C=O)C1. The maximum Gasteiger partial charge on any atom is 0.124 e. The summed E-state index contributed by atoms with van der Waals surface area (Å²) in [6, 6.07) is 0. The minimum atomic E-state index is 0.248. The van der Waals surface area contributed by atoms with Crippen molar-refractivity contribution in [2.24, 2.45) is 5.92 Å². The molecular formula is C12H19N3O. The van der Waals surface area contributed by atoms with Crippen LogP contribution in [0.3, 0.4) is 0 Å². The number of hydrogen-bond donors (Lipinski definition) is 0. The number of carbonyl (C=O) groups is 1. The Bertz CT molecular complexity index is 348. The number of carbonyl (C=O) groups excluding carboxylic acids is 1. The molecule has 0 radical (unpaired) electrons. The molecule has 0 bridgehead atoms. The van der Waals surface area contributed by atoms with Crippen molar-refractivity contribution in [2.45, 2.75) is 26.3 Å². The van der Waals surface area contributed by atoms with E-state index in [0.29, 0.717) is 0 Å². The zero-order chi connectivity index (χ0) is 11.4. The van der Waals surface area contributed by atoms with Crippen LogP contribution in [-0.2, 0) is 11.3 Å². The lowest BCUT2D eigenvalue weighted by Gasteiger charge is -2.30. The van der Waals surface area contributed by atoms with Crippen LogP contribution in [0.25, 0.3) is 0 Å². The van der Waals surface area contributed by atoms with E-state index in [2.05, 4.69) is 14.5 Å². The molecule has 4 nitrogen and oxygen atoms in total. The first-order valence-electron chi connectivity index (χ1n) is 5.95. The van der Waals surface area contributed by atoms with E-state index in [4.69, 9.17) is 0 Å². The van der Waals surface area contributed by atoms with Crippen LogP contribution in [0.4, 0.5) is 0 Å². The first-order valence-corrected chi connectivity index (χ1v) is 5.95. The van der Waals surface area contributed by atoms with Crippen molar-refractivity contribution in [3.8, 4) is 0 Å². The molecule has 0 N–H and O–H groups in total. The molecule has 1 unspecified atom stereocenters. The van der Waals surface area contributed by atoms with Crippen LogP contribution in [0, 0.1) is 12.8 Å². The number of imidazole rings is 1. The summed E-state index contributed by atoms with van der Waals surface area (Å²) in [5, 5.41) is 0. The summed E-state index contributed by atoms with van der Waals surface area (Å²) in [5.41, 5.74) is 0. The van der Waals surface area contributed by atoms with Crippen molar-refractivity contribution >= 4 is 6.29 Å². The van der Waals surface area contributed by atoms with Crippen LogP contribution < -0.4 is 0 Å². The number of aryl methyl sites for hydroxylation is 1. The summed E-state index contributed by atoms with van der Waals surface area (Å²) in [5.74, 6) is 1.31. The van der Waals surface area contributed by atoms with Crippen molar-refractivity contribution in [3.63, 3.8) is 0 Å². The largest absolute Gasteiger partial charge is 0.334 e. The Kier molecular flexibility index (Phi) is 3.72. The van der Waals surface area contributed by atoms with E-state index >= 15 is 0 Å². The highest BCUT2D eigenvalue weighted by molar-refractivity contribution is 5.53. The zero-order valence-electron chi connectivity index (χ0n) is 9.80. The molecule has 0 saturated carbocycles. The monoisotopic (exact) mass is 221 g/mol. The predicted molar refractivity (Wildman–Crippen MR) is 62.2 cm³/mol. The Morgan fingerprint density at radius 1 is 1.56 bits per heavy atom. The molecule has 4 heteroatoms. The van der Waals surface area contributed by atoms with E-state index in [0.717, 1.165) is 51.1 Å². The summed E-state index contributed by atoms with van der Waals surface area (Å²) < 4.78 is 2.16. The summed E-state index contributed by atoms with van der Waals surface area (Å²) in [7, 11) is 0. The van der Waals surface area contributed by atoms with Gasteiger partial charge in [-0.05, 0) is 26.3 Å². The maximum absolute atomic E-state index is 10.8. The Morgan fingerprint density at radius 2 is 2.44 bits per heavy atom. The summed E-state index contributed by atoms with van der Waals surface area (Å²) >= 11 is 0. The van der Waals surface area contributed by atoms with E-state index < -0.39 is 0 Å². The van der Waals surface area contributed by atoms with Crippen molar-refractivity contribution in [1.82, 2.24) is 14.5 Å². The van der Waals surface area contributed by atoms with Crippen LogP contribution in [0.2, 0.25) is 0 Å². The average Bonchev–Trinajstić information content (AvgIpc) is 2.72. The van der Waals surface area contributed by atoms with Crippen molar-refractivity contribution < 1.29 is 4.79 Å². The van der Waals surface area contributed by atoms with E-state index in [1.54, 1.807) is 0 Å². The van der Waals surface area contributed by atoms with Crippen LogP contribution in [0.5, 0.6) is 0 Å². The molecular weight excluding hydrogens is 202 g/mol. The van der Waals surface area contributed by atoms with Gasteiger partial charge in [-0.15, -0.1) is 0 Å². The number of aldehydes is 1. The van der Waals surface area contributed by atoms with Gasteiger partial charge in [0.05, 0.1) is 0 Å². The van der Waals surface area contributed by atoms with Gasteiger partial charge < -0.3 is 14.3 Å². The van der Waals surface area contributed by atoms with Gasteiger partial charge in [-0.3, -0.25) is 0 Å². The molecule has 88 valence electrons. The molecule has 1 saturated heterocycles. The van der Waals surface area contributed by atoms with Gasteiger partial charge in [0.1, 0.15) is 12.1 Å². The van der Waals surface area contributed by atoms with Crippen molar-refractivity contribution in [3.05, 3.63) is 18.2 Å². The lowest BCUT2D eigenvalue weighted by molar-refractivity contribution is -0.112. The van der Waals surface area contributed by atoms with Crippen molar-refractivity contribution in [2.75, 3.05) is 19.6 Å². The van der Waals surface area contributed by atoms with Crippen LogP contribution in [0.15, 0.2) is 12.4 Å². The van der Waals surface area contributed by atoms with Gasteiger partial charge in [0, 0.05) is 37.9 Å². The molecule has 1 aliphatic heterocycles. The van der Waals surface area contributed by atoms with Crippen LogP contribution in [0.1, 0.15) is 18.7 Å². The third kappa shape index (κ3) is 2.70. The molecule has 0 amide bonds. The fourth-order valence-electron chi connectivity index (χ4n) is 2.29. The number of piperidine rings is 1. The first kappa shape index (κ1) is 11.3. The molecule has 16 heavy (non-hydrogen) atoms. The molecule has 0 spiro atoms. The van der Waals surface area contributed by atoms with E-state index in [-0.39, 0.29) is 5.92 Å². The third-order valence-electron chi connectivity index (χ3n) is 3.32. The minimum Gasteiger partial charge on any atom is -0.334 e. The molecule has 0 aromatic carbocycles. The number of likely N-dealkylation sites (tertiary alicyclic amines) is 1. The zero-order valence-corrected chi connectivity index (χ0v) is 9.80. The van der Waals surface area contributed by atoms with Crippen molar-refractivity contribution in [1.29, 1.82) is 0 Å². The molecule has 2 heterocycles. The second-order valence-electron chi connectivity index (χ2n) is 4.51. The molecule has 1 atom stereocenters. The quantitative estimate of drug-likeness (QED) is 0.715. The number of aromatic nitrogens is 2. The number of hydrogen-bond acceptors (Lipinski definition) is 3. The topological polar surface area (TPSA) is 38.1 Å². The summed E-state index contributed by atoms with van der Waals surface area (Å²) in [6.07, 6.45) is 7.15. The highest BCUT2D eigenvalue weighted by Crippen LogP contribution is 2.14. The van der Waals surface area contributed by atoms with Crippen LogP contribution in [-0.4, -0.2) is 40.4 Å². The average molecular weight is 221 g/mol. The Morgan fingerprint density at radius 3 is 3.12 bits per heavy atom.